The number of ether oxygens (including phenoxy) is 1. The number of fused-ring (bicyclic) bond motifs is 4. The summed E-state index contributed by atoms with van der Waals surface area (Å²) in [6.07, 6.45) is 19.4. The van der Waals surface area contributed by atoms with E-state index >= 15 is 0 Å². The van der Waals surface area contributed by atoms with Gasteiger partial charge in [-0.3, -0.25) is 4.79 Å². The Morgan fingerprint density at radius 2 is 0.745 bits per heavy atom. The zero-order valence-corrected chi connectivity index (χ0v) is 89.6. The normalized spacial score (nSPS) is 19.9. The maximum absolute atomic E-state index is 11.5. The summed E-state index contributed by atoms with van der Waals surface area (Å²) in [6, 6.07) is 27.3. The smallest absolute Gasteiger partial charge is 0.406 e. The number of hydrogen-bond acceptors (Lipinski definition) is 27. The molecule has 0 saturated carbocycles. The van der Waals surface area contributed by atoms with Gasteiger partial charge in [-0.2, -0.15) is 36.2 Å². The number of aromatic nitrogens is 16. The zero-order valence-electron chi connectivity index (χ0n) is 83.6. The molecule has 41 heteroatoms. The molecule has 8 aliphatic rings. The molecule has 8 atom stereocenters. The van der Waals surface area contributed by atoms with Gasteiger partial charge in [0.15, 0.2) is 39.7 Å². The minimum absolute atomic E-state index is 0.111. The number of methoxy groups -OCH3 is 1. The standard InChI is InChI=1S/C27H32Cl2N8O.C26H33Cl2N7O2.C26H31Cl2N7O.C25H29Cl2N7/c1-17(21-8-7-20(28)11-22(21)29)37-27-26(23(12-30)34-37)32-13-24(33-27)36-15-19(16-36)18-5-3-9-35(14-18)10-4-6-25(38)31-2;1-16-24-25(35(32-16)17(2)21-7-6-20(27)11-22(21)28)31-23(12-30-24)34-14-19(15-34)18-5-4-9-33(13-18)10-8-29-26(36)37-3;1-16(20-7-6-19(27)9-21(20)28)35-25-24(22(10-29)32-35)30-11-23(31-25)34-13-18(14-34)17-5-4-8-33(12-17)15-26(2,3)36;1-3-8-32-9-4-5-17(13-32)18-14-33(15-18)23-12-29-24-22(11-28)31-34(25(24)30-23)16(2)20-7-6-19(26)10-21(20)27/h7-8,11,13,17-19H,3-6,9-10,14-16H2,1-2H3,(H,31,38);6-7,11-12,17-19H,4-5,8-10,13-15H2,1-3H3,(H,29,36);6-7,9,11,16-18,36H,4-5,8,12-15H2,1-3H3;6-7,10,12,16-18H,3-5,8-9,13-15H2,1-2H3. The van der Waals surface area contributed by atoms with Crippen molar-refractivity contribution < 1.29 is 19.4 Å². The second-order valence-electron chi connectivity index (χ2n) is 40.6. The molecule has 145 heavy (non-hydrogen) atoms. The number of aliphatic hydroxyl groups is 1. The number of β-amino-alcohol motifs (C(OH)–C–C–N with tert-alkyl or cyclic N) is 1. The number of hydrogen-bond donors (Lipinski definition) is 3. The first-order valence-electron chi connectivity index (χ1n) is 50.4. The lowest BCUT2D eigenvalue weighted by atomic mass is 9.80. The van der Waals surface area contributed by atoms with Crippen LogP contribution in [0.15, 0.2) is 97.6 Å². The number of carbonyl (C=O) groups is 2. The molecule has 0 radical (unpaired) electrons. The fourth-order valence-electron chi connectivity index (χ4n) is 22.0. The van der Waals surface area contributed by atoms with E-state index in [4.69, 9.17) is 123 Å². The summed E-state index contributed by atoms with van der Waals surface area (Å²) in [5.41, 5.74) is 9.24. The Hall–Kier alpha value is -10.4. The van der Waals surface area contributed by atoms with E-state index < -0.39 is 5.60 Å². The molecule has 8 unspecified atom stereocenters. The Balaban J connectivity index is 0.000000133. The van der Waals surface area contributed by atoms with Gasteiger partial charge in [0.1, 0.15) is 63.5 Å². The van der Waals surface area contributed by atoms with Gasteiger partial charge in [-0.15, -0.1) is 0 Å². The van der Waals surface area contributed by atoms with Crippen LogP contribution in [0.5, 0.6) is 0 Å². The Morgan fingerprint density at radius 1 is 0.441 bits per heavy atom. The highest BCUT2D eigenvalue weighted by atomic mass is 35.5. The summed E-state index contributed by atoms with van der Waals surface area (Å²) in [5.74, 6) is 8.65. The first-order chi connectivity index (χ1) is 69.8. The Morgan fingerprint density at radius 3 is 1.06 bits per heavy atom. The third-order valence-corrected chi connectivity index (χ3v) is 32.4. The average molecular weight is 2130 g/mol. The predicted molar refractivity (Wildman–Crippen MR) is 571 cm³/mol. The molecular weight excluding hydrogens is 2000 g/mol. The number of likely N-dealkylation sites (tertiary alicyclic amines) is 4. The Kier molecular flexibility index (Phi) is 34.3. The summed E-state index contributed by atoms with van der Waals surface area (Å²) in [6.45, 7) is 36.9. The second-order valence-corrected chi connectivity index (χ2v) is 44.0. The van der Waals surface area contributed by atoms with Gasteiger partial charge in [0.05, 0.1) is 67.4 Å². The summed E-state index contributed by atoms with van der Waals surface area (Å²) in [7, 11) is 3.08. The number of piperidine rings is 4. The van der Waals surface area contributed by atoms with Crippen LogP contribution in [0.1, 0.15) is 188 Å². The summed E-state index contributed by atoms with van der Waals surface area (Å²) < 4.78 is 11.8. The fourth-order valence-corrected chi connectivity index (χ4v) is 24.3. The van der Waals surface area contributed by atoms with Crippen molar-refractivity contribution in [3.8, 4) is 18.2 Å². The quantitative estimate of drug-likeness (QED) is 0.0430. The number of nitrogens with one attached hydrogen (secondary N) is 2. The van der Waals surface area contributed by atoms with E-state index in [1.807, 2.05) is 82.8 Å². The van der Waals surface area contributed by atoms with Gasteiger partial charge >= 0.3 is 6.09 Å². The van der Waals surface area contributed by atoms with Crippen molar-refractivity contribution in [2.45, 2.75) is 156 Å². The molecule has 12 aromatic rings. The number of carbonyl (C=O) groups excluding carboxylic acids is 2. The number of halogens is 8. The van der Waals surface area contributed by atoms with Crippen LogP contribution in [0.25, 0.3) is 44.7 Å². The van der Waals surface area contributed by atoms with Gasteiger partial charge in [0, 0.05) is 152 Å². The number of nitrogens with zero attached hydrogens (tertiary/aromatic N) is 27. The lowest BCUT2D eigenvalue weighted by Crippen LogP contribution is -2.54. The van der Waals surface area contributed by atoms with Crippen LogP contribution in [-0.4, -0.2) is 273 Å². The number of rotatable bonds is 27. The number of nitriles is 3. The Labute approximate surface area is 886 Å². The predicted octanol–water partition coefficient (Wildman–Crippen LogP) is 18.5. The number of alkyl carbamates (subject to hydrolysis) is 1. The topological polar surface area (TPSA) is 359 Å². The lowest BCUT2D eigenvalue weighted by molar-refractivity contribution is -0.120. The van der Waals surface area contributed by atoms with Gasteiger partial charge < -0.3 is 59.7 Å². The lowest BCUT2D eigenvalue weighted by Gasteiger charge is -2.47. The molecule has 8 aliphatic heterocycles. The summed E-state index contributed by atoms with van der Waals surface area (Å²) >= 11 is 50.2. The van der Waals surface area contributed by atoms with E-state index in [1.165, 1.54) is 84.5 Å². The molecule has 16 heterocycles. The monoisotopic (exact) mass is 2120 g/mol. The molecule has 3 N–H and O–H groups in total. The molecule has 0 aliphatic carbocycles. The third-order valence-electron chi connectivity index (χ3n) is 30.1. The largest absolute Gasteiger partial charge is 0.453 e. The van der Waals surface area contributed by atoms with Crippen LogP contribution in [0.2, 0.25) is 40.2 Å². The second kappa shape index (κ2) is 47.0. The van der Waals surface area contributed by atoms with Crippen molar-refractivity contribution in [3.63, 3.8) is 0 Å². The molecule has 20 rings (SSSR count). The number of anilines is 4. The van der Waals surface area contributed by atoms with Crippen LogP contribution in [-0.2, 0) is 9.53 Å². The fraction of sp³-hybridized carbons (Fsp3) is 0.529. The van der Waals surface area contributed by atoms with E-state index in [0.29, 0.717) is 135 Å². The maximum atomic E-state index is 11.5. The van der Waals surface area contributed by atoms with E-state index in [9.17, 15) is 30.5 Å². The molecule has 2 amide bonds. The molecule has 8 saturated heterocycles. The van der Waals surface area contributed by atoms with Gasteiger partial charge in [0.2, 0.25) is 5.91 Å². The highest BCUT2D eigenvalue weighted by Gasteiger charge is 2.43. The summed E-state index contributed by atoms with van der Waals surface area (Å²) in [4.78, 5) is 80.1. The SMILES string of the molecule is CC(c1ccc(Cl)cc1Cl)n1nc(C#N)c2ncc(N3CC(C4CCCN(CC(C)(C)O)C4)C3)nc21.CCCN1CCCC(C2CN(c3cnc4c(C#N)nn(C(C)c5ccc(Cl)cc5Cl)c4n3)C2)C1.CNC(=O)CCCN1CCCC(C2CN(c3cnc4c(C#N)nn(C(C)c5ccc(Cl)cc5Cl)c4n3)C2)C1.COC(=O)NCCN1CCCC(C2CN(c3cnc4c(C)nn(C(C)c5ccc(Cl)cc5Cl)c4n3)C2)C1. The summed E-state index contributed by atoms with van der Waals surface area (Å²) in [5, 5.41) is 67.5. The van der Waals surface area contributed by atoms with Crippen LogP contribution in [0.3, 0.4) is 0 Å². The molecule has 8 fully saturated rings. The van der Waals surface area contributed by atoms with Crippen LogP contribution in [0, 0.1) is 88.3 Å². The number of aryl methyl sites for hydroxylation is 1. The first kappa shape index (κ1) is 106. The maximum Gasteiger partial charge on any atom is 0.406 e. The van der Waals surface area contributed by atoms with Crippen LogP contribution >= 0.6 is 92.8 Å². The zero-order chi connectivity index (χ0) is 102. The molecule has 0 bridgehead atoms. The van der Waals surface area contributed by atoms with Crippen molar-refractivity contribution in [3.05, 3.63) is 183 Å². The van der Waals surface area contributed by atoms with Gasteiger partial charge in [-0.1, -0.05) is 124 Å². The Bertz CT molecular complexity index is 6770. The minimum atomic E-state index is -0.669. The average Bonchev–Trinajstić information content (AvgIpc) is 1.65. The van der Waals surface area contributed by atoms with Crippen molar-refractivity contribution in [2.75, 3.05) is 171 Å². The van der Waals surface area contributed by atoms with E-state index in [0.717, 1.165) is 179 Å². The van der Waals surface area contributed by atoms with Crippen molar-refractivity contribution >= 4 is 173 Å². The van der Waals surface area contributed by atoms with Crippen LogP contribution < -0.4 is 30.2 Å². The third kappa shape index (κ3) is 24.5. The minimum Gasteiger partial charge on any atom is -0.453 e. The molecule has 33 nitrogen and oxygen atoms in total. The van der Waals surface area contributed by atoms with Gasteiger partial charge in [0.25, 0.3) is 0 Å². The van der Waals surface area contributed by atoms with E-state index in [1.54, 1.807) is 82.1 Å². The van der Waals surface area contributed by atoms with Crippen molar-refractivity contribution in [1.82, 2.24) is 109 Å². The molecule has 8 aromatic heterocycles. The first-order valence-corrected chi connectivity index (χ1v) is 53.5. The molecule has 4 aromatic carbocycles. The van der Waals surface area contributed by atoms with E-state index in [-0.39, 0.29) is 53.2 Å². The molecule has 0 spiro atoms. The van der Waals surface area contributed by atoms with Crippen molar-refractivity contribution in [1.29, 1.82) is 15.8 Å². The van der Waals surface area contributed by atoms with Gasteiger partial charge in [-0.25, -0.2) is 63.4 Å². The van der Waals surface area contributed by atoms with Crippen LogP contribution in [0.4, 0.5) is 28.1 Å². The van der Waals surface area contributed by atoms with Crippen molar-refractivity contribution in [2.24, 2.45) is 47.3 Å². The highest BCUT2D eigenvalue weighted by molar-refractivity contribution is 6.37. The molecule has 766 valence electrons. The number of benzene rings is 4. The highest BCUT2D eigenvalue weighted by Crippen LogP contribution is 2.43. The molecular formula is C104H125Cl8N29O4. The van der Waals surface area contributed by atoms with E-state index in [2.05, 4.69) is 117 Å². The number of amides is 2. The van der Waals surface area contributed by atoms with Gasteiger partial charge in [-0.05, 0) is 270 Å².